The summed E-state index contributed by atoms with van der Waals surface area (Å²) in [6.45, 7) is 7.16. The predicted molar refractivity (Wildman–Crippen MR) is 143 cm³/mol. The molecular weight excluding hydrogens is 452 g/mol. The van der Waals surface area contributed by atoms with Crippen molar-refractivity contribution in [3.8, 4) is 5.75 Å². The third kappa shape index (κ3) is 6.30. The van der Waals surface area contributed by atoms with Gasteiger partial charge in [-0.1, -0.05) is 48.5 Å². The number of carbonyl (C=O) groups is 2. The van der Waals surface area contributed by atoms with E-state index in [4.69, 9.17) is 4.74 Å². The molecule has 0 spiro atoms. The van der Waals surface area contributed by atoms with E-state index in [1.165, 1.54) is 0 Å². The zero-order chi connectivity index (χ0) is 25.5. The molecule has 0 aliphatic carbocycles. The summed E-state index contributed by atoms with van der Waals surface area (Å²) in [5, 5.41) is 6.10. The van der Waals surface area contributed by atoms with E-state index in [0.717, 1.165) is 22.4 Å². The molecule has 0 aromatic heterocycles. The van der Waals surface area contributed by atoms with Crippen LogP contribution >= 0.6 is 0 Å². The van der Waals surface area contributed by atoms with Crippen molar-refractivity contribution in [2.75, 3.05) is 50.5 Å². The molecule has 3 aromatic rings. The average Bonchev–Trinajstić information content (AvgIpc) is 2.89. The van der Waals surface area contributed by atoms with Gasteiger partial charge in [0.1, 0.15) is 11.8 Å². The number of ether oxygens (including phenoxy) is 1. The molecule has 36 heavy (non-hydrogen) atoms. The number of nitrogens with one attached hydrogen (secondary N) is 2. The second-order valence-electron chi connectivity index (χ2n) is 9.14. The normalized spacial score (nSPS) is 15.2. The number of hydrogen-bond acceptors (Lipinski definition) is 5. The highest BCUT2D eigenvalue weighted by molar-refractivity contribution is 5.96. The van der Waals surface area contributed by atoms with Gasteiger partial charge in [0.25, 0.3) is 0 Å². The first-order valence-corrected chi connectivity index (χ1v) is 12.3. The number of aryl methyl sites for hydroxylation is 1. The zero-order valence-corrected chi connectivity index (χ0v) is 21.2. The van der Waals surface area contributed by atoms with Crippen molar-refractivity contribution in [3.63, 3.8) is 0 Å². The van der Waals surface area contributed by atoms with Crippen molar-refractivity contribution in [3.05, 3.63) is 89.5 Å². The number of methoxy groups -OCH3 is 1. The number of amides is 2. The fraction of sp³-hybridized carbons (Fsp3) is 0.310. The maximum atomic E-state index is 13.5. The molecule has 2 N–H and O–H groups in total. The largest absolute Gasteiger partial charge is 0.497 e. The minimum atomic E-state index is -0.427. The zero-order valence-electron chi connectivity index (χ0n) is 21.2. The molecule has 1 aliphatic rings. The van der Waals surface area contributed by atoms with Crippen LogP contribution in [-0.4, -0.2) is 61.4 Å². The number of nitrogens with zero attached hydrogens (tertiary/aromatic N) is 2. The second-order valence-corrected chi connectivity index (χ2v) is 9.14. The Balaban J connectivity index is 1.39. The number of piperazine rings is 1. The van der Waals surface area contributed by atoms with Crippen LogP contribution in [0.2, 0.25) is 0 Å². The van der Waals surface area contributed by atoms with Gasteiger partial charge in [0.05, 0.1) is 13.7 Å². The Morgan fingerprint density at radius 1 is 0.889 bits per heavy atom. The summed E-state index contributed by atoms with van der Waals surface area (Å²) < 4.78 is 5.29. The lowest BCUT2D eigenvalue weighted by atomic mass is 10.0. The number of carbonyl (C=O) groups excluding carboxylic acids is 2. The first kappa shape index (κ1) is 25.4. The fourth-order valence-corrected chi connectivity index (χ4v) is 4.53. The topological polar surface area (TPSA) is 73.9 Å². The Morgan fingerprint density at radius 2 is 1.61 bits per heavy atom. The number of hydrogen-bond donors (Lipinski definition) is 2. The van der Waals surface area contributed by atoms with Crippen LogP contribution in [0.4, 0.5) is 11.4 Å². The van der Waals surface area contributed by atoms with Crippen molar-refractivity contribution >= 4 is 23.2 Å². The maximum Gasteiger partial charge on any atom is 0.246 e. The van der Waals surface area contributed by atoms with Crippen LogP contribution in [0, 0.1) is 13.8 Å². The van der Waals surface area contributed by atoms with E-state index in [0.29, 0.717) is 44.2 Å². The molecule has 1 unspecified atom stereocenters. The van der Waals surface area contributed by atoms with Crippen LogP contribution < -0.4 is 15.4 Å². The Kier molecular flexibility index (Phi) is 8.36. The monoisotopic (exact) mass is 486 g/mol. The third-order valence-corrected chi connectivity index (χ3v) is 6.72. The minimum Gasteiger partial charge on any atom is -0.497 e. The average molecular weight is 487 g/mol. The summed E-state index contributed by atoms with van der Waals surface area (Å²) in [5.74, 6) is 0.583. The molecule has 0 bridgehead atoms. The molecule has 1 saturated heterocycles. The SMILES string of the molecule is COc1cccc(NC(=O)C(c2ccccc2)N2CCN(CC(=O)Nc3cccc(C)c3C)CC2)c1. The van der Waals surface area contributed by atoms with E-state index < -0.39 is 6.04 Å². The highest BCUT2D eigenvalue weighted by Gasteiger charge is 2.31. The third-order valence-electron chi connectivity index (χ3n) is 6.72. The van der Waals surface area contributed by atoms with Crippen molar-refractivity contribution < 1.29 is 14.3 Å². The lowest BCUT2D eigenvalue weighted by Gasteiger charge is -2.38. The Bertz CT molecular complexity index is 1190. The van der Waals surface area contributed by atoms with E-state index >= 15 is 0 Å². The van der Waals surface area contributed by atoms with Gasteiger partial charge in [-0.2, -0.15) is 0 Å². The molecule has 1 fully saturated rings. The maximum absolute atomic E-state index is 13.5. The summed E-state index contributed by atoms with van der Waals surface area (Å²) in [6, 6.07) is 22.7. The summed E-state index contributed by atoms with van der Waals surface area (Å²) in [4.78, 5) is 30.5. The summed E-state index contributed by atoms with van der Waals surface area (Å²) in [7, 11) is 1.61. The van der Waals surface area contributed by atoms with Gasteiger partial charge in [-0.25, -0.2) is 0 Å². The Morgan fingerprint density at radius 3 is 2.33 bits per heavy atom. The summed E-state index contributed by atoms with van der Waals surface area (Å²) in [5.41, 5.74) is 4.74. The van der Waals surface area contributed by atoms with E-state index in [-0.39, 0.29) is 11.8 Å². The van der Waals surface area contributed by atoms with Gasteiger partial charge >= 0.3 is 0 Å². The van der Waals surface area contributed by atoms with Gasteiger partial charge in [-0.3, -0.25) is 19.4 Å². The van der Waals surface area contributed by atoms with Crippen LogP contribution in [0.25, 0.3) is 0 Å². The molecule has 4 rings (SSSR count). The number of benzene rings is 3. The van der Waals surface area contributed by atoms with Crippen LogP contribution in [0.3, 0.4) is 0 Å². The highest BCUT2D eigenvalue weighted by Crippen LogP contribution is 2.26. The lowest BCUT2D eigenvalue weighted by Crippen LogP contribution is -2.51. The van der Waals surface area contributed by atoms with Crippen LogP contribution in [0.5, 0.6) is 5.75 Å². The van der Waals surface area contributed by atoms with Gasteiger partial charge in [-0.15, -0.1) is 0 Å². The molecule has 7 nitrogen and oxygen atoms in total. The number of rotatable bonds is 8. The smallest absolute Gasteiger partial charge is 0.246 e. The van der Waals surface area contributed by atoms with Crippen LogP contribution in [0.1, 0.15) is 22.7 Å². The number of anilines is 2. The Hall–Kier alpha value is -3.68. The van der Waals surface area contributed by atoms with E-state index in [2.05, 4.69) is 20.4 Å². The molecule has 0 saturated carbocycles. The molecule has 0 radical (unpaired) electrons. The fourth-order valence-electron chi connectivity index (χ4n) is 4.53. The Labute approximate surface area is 213 Å². The molecule has 7 heteroatoms. The molecule has 188 valence electrons. The molecule has 3 aromatic carbocycles. The molecule has 1 heterocycles. The van der Waals surface area contributed by atoms with Crippen molar-refractivity contribution in [1.82, 2.24) is 9.80 Å². The van der Waals surface area contributed by atoms with E-state index in [9.17, 15) is 9.59 Å². The lowest BCUT2D eigenvalue weighted by molar-refractivity contribution is -0.123. The first-order chi connectivity index (χ1) is 17.4. The molecule has 1 aliphatic heterocycles. The minimum absolute atomic E-state index is 0.0208. The van der Waals surface area contributed by atoms with Gasteiger partial charge in [0.2, 0.25) is 11.8 Å². The summed E-state index contributed by atoms with van der Waals surface area (Å²) >= 11 is 0. The molecular formula is C29H34N4O3. The second kappa shape index (κ2) is 11.8. The van der Waals surface area contributed by atoms with Crippen molar-refractivity contribution in [2.24, 2.45) is 0 Å². The van der Waals surface area contributed by atoms with Gasteiger partial charge in [0, 0.05) is 43.6 Å². The molecule has 2 amide bonds. The quantitative estimate of drug-likeness (QED) is 0.498. The van der Waals surface area contributed by atoms with Crippen molar-refractivity contribution in [2.45, 2.75) is 19.9 Å². The molecule has 1 atom stereocenters. The first-order valence-electron chi connectivity index (χ1n) is 12.3. The van der Waals surface area contributed by atoms with Crippen molar-refractivity contribution in [1.29, 1.82) is 0 Å². The standard InChI is InChI=1S/C29H34N4O3/c1-21-9-7-14-26(22(21)2)31-27(34)20-32-15-17-33(18-16-32)28(23-10-5-4-6-11-23)29(35)30-24-12-8-13-25(19-24)36-3/h4-14,19,28H,15-18,20H2,1-3H3,(H,30,35)(H,31,34). The van der Waals surface area contributed by atoms with Crippen LogP contribution in [-0.2, 0) is 9.59 Å². The van der Waals surface area contributed by atoms with Crippen LogP contribution in [0.15, 0.2) is 72.8 Å². The van der Waals surface area contributed by atoms with E-state index in [1.54, 1.807) is 7.11 Å². The summed E-state index contributed by atoms with van der Waals surface area (Å²) in [6.07, 6.45) is 0. The van der Waals surface area contributed by atoms with Gasteiger partial charge in [0.15, 0.2) is 0 Å². The van der Waals surface area contributed by atoms with Gasteiger partial charge < -0.3 is 15.4 Å². The predicted octanol–water partition coefficient (Wildman–Crippen LogP) is 4.25. The van der Waals surface area contributed by atoms with Gasteiger partial charge in [-0.05, 0) is 48.7 Å². The van der Waals surface area contributed by atoms with E-state index in [1.807, 2.05) is 86.6 Å². The highest BCUT2D eigenvalue weighted by atomic mass is 16.5.